The molecule has 0 aliphatic carbocycles. The van der Waals surface area contributed by atoms with Crippen LogP contribution < -0.4 is 4.90 Å². The zero-order chi connectivity index (χ0) is 53.4. The molecule has 0 N–H and O–H groups in total. The van der Waals surface area contributed by atoms with Crippen LogP contribution in [0.25, 0.3) is 27.8 Å². The number of aryl methyl sites for hydroxylation is 9. The number of anilines is 3. The summed E-state index contributed by atoms with van der Waals surface area (Å²) in [6, 6.07) is 75.8. The number of rotatable bonds is 10. The third-order valence-corrected chi connectivity index (χ3v) is 13.1. The highest BCUT2D eigenvalue weighted by Crippen LogP contribution is 2.40. The fourth-order valence-electron chi connectivity index (χ4n) is 8.39. The highest BCUT2D eigenvalue weighted by molar-refractivity contribution is 5.84. The molecule has 0 saturated carbocycles. The molecule has 74 heavy (non-hydrogen) atoms. The predicted molar refractivity (Wildman–Crippen MR) is 328 cm³/mol. The van der Waals surface area contributed by atoms with Gasteiger partial charge < -0.3 is 4.90 Å². The third kappa shape index (κ3) is 16.8. The molecule has 1 nitrogen and oxygen atoms in total. The highest BCUT2D eigenvalue weighted by atomic mass is 15.1. The zero-order valence-corrected chi connectivity index (χ0v) is 46.4. The maximum absolute atomic E-state index is 4.06. The van der Waals surface area contributed by atoms with Gasteiger partial charge in [0.25, 0.3) is 0 Å². The molecule has 376 valence electrons. The van der Waals surface area contributed by atoms with E-state index in [1.165, 1.54) is 83.5 Å². The standard InChI is InChI=1S/C49H47N.C8H10.2C7H8.C2H6/c1-8-10-14-39(9-2)40-23-26-45(27-24-40)50(47-25-19-36(5)44(32-47)31-42-15-12-11-13-35(42)4)46-28-29-48(38(7)30-46)49-33-43(22-18-37(49)6)41-20-16-34(3)17-21-41;1-7-5-3-4-6-8(7)2;2*1-7-5-3-2-4-6-7;1-2/h8-30,32-33H,2,31H2,1,3-7H3;3-6H,1-2H3;2*2-6H,1H3;1-2H3/b10-8-,39-14+;;;;. The molecule has 0 unspecified atom stereocenters. The first-order chi connectivity index (χ1) is 35.8. The smallest absolute Gasteiger partial charge is 0.0464 e. The van der Waals surface area contributed by atoms with Crippen LogP contribution in [0, 0.1) is 62.3 Å². The molecule has 0 atom stereocenters. The molecule has 0 aliphatic rings. The number of nitrogens with zero attached hydrogens (tertiary/aromatic N) is 1. The zero-order valence-electron chi connectivity index (χ0n) is 46.4. The lowest BCUT2D eigenvalue weighted by Crippen LogP contribution is -2.11. The summed E-state index contributed by atoms with van der Waals surface area (Å²) in [5, 5.41) is 0. The average Bonchev–Trinajstić information content (AvgIpc) is 3.42. The van der Waals surface area contributed by atoms with Crippen molar-refractivity contribution in [2.45, 2.75) is 89.5 Å². The third-order valence-electron chi connectivity index (χ3n) is 13.1. The Balaban J connectivity index is 0.000000343. The number of hydrogen-bond donors (Lipinski definition) is 0. The largest absolute Gasteiger partial charge is 0.310 e. The maximum Gasteiger partial charge on any atom is 0.0464 e. The van der Waals surface area contributed by atoms with Crippen LogP contribution in [0.2, 0.25) is 0 Å². The Bertz CT molecular complexity index is 3130. The molecular formula is C73H79N. The second kappa shape index (κ2) is 29.5. The number of hydrogen-bond acceptors (Lipinski definition) is 1. The number of allylic oxidation sites excluding steroid dienone is 5. The van der Waals surface area contributed by atoms with E-state index in [2.05, 4.69) is 262 Å². The van der Waals surface area contributed by atoms with Crippen molar-refractivity contribution in [3.05, 3.63) is 310 Å². The maximum atomic E-state index is 4.06. The second-order valence-electron chi connectivity index (χ2n) is 18.7. The molecule has 0 bridgehead atoms. The lowest BCUT2D eigenvalue weighted by Gasteiger charge is -2.28. The first kappa shape index (κ1) is 56.9. The van der Waals surface area contributed by atoms with Crippen molar-refractivity contribution < 1.29 is 0 Å². The summed E-state index contributed by atoms with van der Waals surface area (Å²) in [4.78, 5) is 2.39. The molecule has 9 aromatic rings. The minimum Gasteiger partial charge on any atom is -0.310 e. The van der Waals surface area contributed by atoms with Gasteiger partial charge in [-0.25, -0.2) is 0 Å². The van der Waals surface area contributed by atoms with Crippen LogP contribution in [0.15, 0.2) is 243 Å². The van der Waals surface area contributed by atoms with E-state index >= 15 is 0 Å². The average molecular weight is 970 g/mol. The van der Waals surface area contributed by atoms with E-state index in [-0.39, 0.29) is 0 Å². The van der Waals surface area contributed by atoms with E-state index in [4.69, 9.17) is 0 Å². The summed E-state index contributed by atoms with van der Waals surface area (Å²) in [5.74, 6) is 0. The molecule has 0 aromatic heterocycles. The Morgan fingerprint density at radius 2 is 0.865 bits per heavy atom. The van der Waals surface area contributed by atoms with Gasteiger partial charge in [0.2, 0.25) is 0 Å². The summed E-state index contributed by atoms with van der Waals surface area (Å²) < 4.78 is 0. The van der Waals surface area contributed by atoms with Crippen LogP contribution in [0.1, 0.15) is 87.5 Å². The van der Waals surface area contributed by atoms with Crippen LogP contribution in [0.5, 0.6) is 0 Å². The second-order valence-corrected chi connectivity index (χ2v) is 18.7. The minimum absolute atomic E-state index is 0.895. The van der Waals surface area contributed by atoms with Crippen LogP contribution >= 0.6 is 0 Å². The molecule has 0 radical (unpaired) electrons. The molecule has 0 spiro atoms. The van der Waals surface area contributed by atoms with E-state index in [1.807, 2.05) is 69.3 Å². The van der Waals surface area contributed by atoms with Crippen molar-refractivity contribution >= 4 is 22.6 Å². The Hall–Kier alpha value is -8.00. The molecule has 9 aromatic carbocycles. The van der Waals surface area contributed by atoms with Gasteiger partial charge in [0, 0.05) is 17.1 Å². The molecule has 0 aliphatic heterocycles. The highest BCUT2D eigenvalue weighted by Gasteiger charge is 2.17. The summed E-state index contributed by atoms with van der Waals surface area (Å²) >= 11 is 0. The Kier molecular flexibility index (Phi) is 22.7. The summed E-state index contributed by atoms with van der Waals surface area (Å²) in [6.45, 7) is 29.5. The summed E-state index contributed by atoms with van der Waals surface area (Å²) in [6.07, 6.45) is 9.02. The van der Waals surface area contributed by atoms with Crippen molar-refractivity contribution in [3.63, 3.8) is 0 Å². The van der Waals surface area contributed by atoms with Gasteiger partial charge in [0.1, 0.15) is 0 Å². The van der Waals surface area contributed by atoms with E-state index < -0.39 is 0 Å². The quantitative estimate of drug-likeness (QED) is 0.123. The fourth-order valence-corrected chi connectivity index (χ4v) is 8.39. The number of benzene rings is 9. The SMILES string of the molecule is C=C/C(=C\C=C/C)c1ccc(N(c2ccc(-c3cc(-c4ccc(C)cc4)ccc3C)c(C)c2)c2ccc(C)c(Cc3ccccc3C)c2)cc1.CC.Cc1ccccc1.Cc1ccccc1.Cc1ccccc1C. The predicted octanol–water partition coefficient (Wildman–Crippen LogP) is 21.1. The van der Waals surface area contributed by atoms with Gasteiger partial charge in [0.05, 0.1) is 0 Å². The molecule has 0 saturated heterocycles. The molecular weight excluding hydrogens is 891 g/mol. The Labute approximate surface area is 447 Å². The molecule has 9 rings (SSSR count). The van der Waals surface area contributed by atoms with Crippen molar-refractivity contribution in [3.8, 4) is 22.3 Å². The van der Waals surface area contributed by atoms with E-state index in [1.54, 1.807) is 0 Å². The summed E-state index contributed by atoms with van der Waals surface area (Å²) in [5.41, 5.74) is 25.1. The van der Waals surface area contributed by atoms with Gasteiger partial charge in [-0.15, -0.1) is 0 Å². The molecule has 0 heterocycles. The Morgan fingerprint density at radius 3 is 1.38 bits per heavy atom. The van der Waals surface area contributed by atoms with Gasteiger partial charge in [-0.1, -0.05) is 231 Å². The van der Waals surface area contributed by atoms with E-state index in [0.717, 1.165) is 34.6 Å². The minimum atomic E-state index is 0.895. The first-order valence-electron chi connectivity index (χ1n) is 26.2. The van der Waals surface area contributed by atoms with Gasteiger partial charge >= 0.3 is 0 Å². The normalized spacial score (nSPS) is 10.6. The van der Waals surface area contributed by atoms with Crippen molar-refractivity contribution in [1.29, 1.82) is 0 Å². The van der Waals surface area contributed by atoms with Gasteiger partial charge in [-0.3, -0.25) is 0 Å². The van der Waals surface area contributed by atoms with Gasteiger partial charge in [0.15, 0.2) is 0 Å². The van der Waals surface area contributed by atoms with Crippen LogP contribution in [-0.2, 0) is 6.42 Å². The van der Waals surface area contributed by atoms with Crippen molar-refractivity contribution in [1.82, 2.24) is 0 Å². The molecule has 0 fully saturated rings. The monoisotopic (exact) mass is 970 g/mol. The summed E-state index contributed by atoms with van der Waals surface area (Å²) in [7, 11) is 0. The first-order valence-corrected chi connectivity index (χ1v) is 26.2. The van der Waals surface area contributed by atoms with Crippen LogP contribution in [-0.4, -0.2) is 0 Å². The van der Waals surface area contributed by atoms with Crippen LogP contribution in [0.4, 0.5) is 17.1 Å². The Morgan fingerprint density at radius 1 is 0.392 bits per heavy atom. The topological polar surface area (TPSA) is 3.24 Å². The lowest BCUT2D eigenvalue weighted by atomic mass is 9.92. The van der Waals surface area contributed by atoms with E-state index in [9.17, 15) is 0 Å². The van der Waals surface area contributed by atoms with Crippen molar-refractivity contribution in [2.75, 3.05) is 4.90 Å². The van der Waals surface area contributed by atoms with Crippen molar-refractivity contribution in [2.24, 2.45) is 0 Å². The molecule has 1 heteroatoms. The van der Waals surface area contributed by atoms with E-state index in [0.29, 0.717) is 0 Å². The van der Waals surface area contributed by atoms with Crippen LogP contribution in [0.3, 0.4) is 0 Å². The molecule has 0 amide bonds. The fraction of sp³-hybridized carbons (Fsp3) is 0.178. The van der Waals surface area contributed by atoms with Gasteiger partial charge in [-0.2, -0.15) is 0 Å². The van der Waals surface area contributed by atoms with Gasteiger partial charge in [-0.05, 0) is 196 Å². The lowest BCUT2D eigenvalue weighted by molar-refractivity contribution is 1.12.